The summed E-state index contributed by atoms with van der Waals surface area (Å²) in [7, 11) is 1.91. The Bertz CT molecular complexity index is 1480. The van der Waals surface area contributed by atoms with Gasteiger partial charge >= 0.3 is 6.09 Å². The zero-order valence-corrected chi connectivity index (χ0v) is 20.3. The fraction of sp³-hybridized carbons (Fsp3) is 0.357. The number of fused-ring (bicyclic) bond motifs is 1. The molecule has 4 aromatic rings. The zero-order valence-electron chi connectivity index (χ0n) is 20.3. The van der Waals surface area contributed by atoms with Crippen LogP contribution in [0.4, 0.5) is 4.79 Å². The SMILES string of the molecule is Cn1cc(-c2cccc(CN3C[C@@]4(CCC[C@H](Cn5cnc6ccc(C#N)cc65)C4)OC3=O)c2)cn1. The van der Waals surface area contributed by atoms with Gasteiger partial charge in [0.25, 0.3) is 0 Å². The average Bonchev–Trinajstić information content (AvgIpc) is 3.57. The van der Waals surface area contributed by atoms with E-state index >= 15 is 0 Å². The fourth-order valence-corrected chi connectivity index (χ4v) is 5.84. The lowest BCUT2D eigenvalue weighted by molar-refractivity contribution is 0.00415. The first kappa shape index (κ1) is 22.4. The third kappa shape index (κ3) is 4.22. The zero-order chi connectivity index (χ0) is 24.7. The highest BCUT2D eigenvalue weighted by molar-refractivity contribution is 5.77. The van der Waals surface area contributed by atoms with E-state index in [0.29, 0.717) is 24.6 Å². The van der Waals surface area contributed by atoms with E-state index < -0.39 is 5.60 Å². The largest absolute Gasteiger partial charge is 0.441 e. The molecule has 8 nitrogen and oxygen atoms in total. The van der Waals surface area contributed by atoms with Crippen molar-refractivity contribution in [2.75, 3.05) is 6.54 Å². The molecule has 2 aliphatic rings. The molecule has 6 rings (SSSR count). The van der Waals surface area contributed by atoms with Crippen LogP contribution >= 0.6 is 0 Å². The first-order valence-electron chi connectivity index (χ1n) is 12.4. The summed E-state index contributed by atoms with van der Waals surface area (Å²) in [6, 6.07) is 16.1. The molecule has 1 aliphatic heterocycles. The number of benzene rings is 2. The second kappa shape index (κ2) is 8.83. The molecule has 0 N–H and O–H groups in total. The summed E-state index contributed by atoms with van der Waals surface area (Å²) in [4.78, 5) is 19.3. The molecule has 1 saturated heterocycles. The maximum atomic E-state index is 12.9. The van der Waals surface area contributed by atoms with E-state index in [2.05, 4.69) is 38.9 Å². The Morgan fingerprint density at radius 2 is 2.14 bits per heavy atom. The Labute approximate surface area is 209 Å². The summed E-state index contributed by atoms with van der Waals surface area (Å²) in [5.74, 6) is 0.378. The monoisotopic (exact) mass is 480 g/mol. The van der Waals surface area contributed by atoms with Crippen LogP contribution in [-0.4, -0.2) is 42.5 Å². The molecule has 0 unspecified atom stereocenters. The Morgan fingerprint density at radius 3 is 2.97 bits per heavy atom. The van der Waals surface area contributed by atoms with Gasteiger partial charge in [-0.1, -0.05) is 18.2 Å². The second-order valence-electron chi connectivity index (χ2n) is 10.2. The van der Waals surface area contributed by atoms with Crippen molar-refractivity contribution in [2.24, 2.45) is 13.0 Å². The maximum absolute atomic E-state index is 12.9. The van der Waals surface area contributed by atoms with Crippen LogP contribution in [0.5, 0.6) is 0 Å². The normalized spacial score (nSPS) is 21.7. The molecule has 3 heterocycles. The van der Waals surface area contributed by atoms with E-state index in [9.17, 15) is 10.1 Å². The van der Waals surface area contributed by atoms with E-state index in [-0.39, 0.29) is 6.09 Å². The predicted octanol–water partition coefficient (Wildman–Crippen LogP) is 4.89. The number of carbonyl (C=O) groups excluding carboxylic acids is 1. The lowest BCUT2D eigenvalue weighted by atomic mass is 9.78. The van der Waals surface area contributed by atoms with Gasteiger partial charge in [-0.05, 0) is 67.0 Å². The number of imidazole rings is 1. The van der Waals surface area contributed by atoms with Crippen LogP contribution in [-0.2, 0) is 24.9 Å². The summed E-state index contributed by atoms with van der Waals surface area (Å²) in [5, 5.41) is 13.5. The molecule has 36 heavy (non-hydrogen) atoms. The van der Waals surface area contributed by atoms with Crippen LogP contribution in [0.25, 0.3) is 22.2 Å². The number of aromatic nitrogens is 4. The summed E-state index contributed by atoms with van der Waals surface area (Å²) in [6.45, 7) is 1.95. The van der Waals surface area contributed by atoms with Crippen molar-refractivity contribution in [3.8, 4) is 17.2 Å². The highest BCUT2D eigenvalue weighted by Gasteiger charge is 2.47. The fourth-order valence-electron chi connectivity index (χ4n) is 5.84. The molecule has 1 aliphatic carbocycles. The van der Waals surface area contributed by atoms with Gasteiger partial charge in [-0.2, -0.15) is 10.4 Å². The first-order chi connectivity index (χ1) is 17.5. The van der Waals surface area contributed by atoms with E-state index in [1.165, 1.54) is 0 Å². The van der Waals surface area contributed by atoms with Crippen LogP contribution in [0.1, 0.15) is 36.8 Å². The van der Waals surface area contributed by atoms with E-state index in [0.717, 1.165) is 60.0 Å². The molecule has 2 aromatic heterocycles. The van der Waals surface area contributed by atoms with Gasteiger partial charge in [-0.25, -0.2) is 9.78 Å². The summed E-state index contributed by atoms with van der Waals surface area (Å²) >= 11 is 0. The molecule has 8 heteroatoms. The molecule has 2 aromatic carbocycles. The van der Waals surface area contributed by atoms with Crippen LogP contribution < -0.4 is 0 Å². The molecule has 182 valence electrons. The Morgan fingerprint density at radius 1 is 1.22 bits per heavy atom. The molecule has 2 atom stereocenters. The van der Waals surface area contributed by atoms with Crippen LogP contribution in [0.2, 0.25) is 0 Å². The third-order valence-electron chi connectivity index (χ3n) is 7.49. The van der Waals surface area contributed by atoms with Crippen molar-refractivity contribution >= 4 is 17.1 Å². The third-order valence-corrected chi connectivity index (χ3v) is 7.49. The molecular formula is C28H28N6O2. The quantitative estimate of drug-likeness (QED) is 0.406. The molecular weight excluding hydrogens is 452 g/mol. The first-order valence-corrected chi connectivity index (χ1v) is 12.4. The van der Waals surface area contributed by atoms with Crippen LogP contribution in [0.3, 0.4) is 0 Å². The minimum atomic E-state index is -0.435. The predicted molar refractivity (Wildman–Crippen MR) is 135 cm³/mol. The number of nitriles is 1. The lowest BCUT2D eigenvalue weighted by Gasteiger charge is -2.36. The second-order valence-corrected chi connectivity index (χ2v) is 10.2. The molecule has 2 fully saturated rings. The van der Waals surface area contributed by atoms with Gasteiger partial charge < -0.3 is 9.30 Å². The Balaban J connectivity index is 1.16. The number of hydrogen-bond acceptors (Lipinski definition) is 5. The van der Waals surface area contributed by atoms with Gasteiger partial charge in [0.2, 0.25) is 0 Å². The smallest absolute Gasteiger partial charge is 0.410 e. The highest BCUT2D eigenvalue weighted by Crippen LogP contribution is 2.41. The number of rotatable bonds is 5. The van der Waals surface area contributed by atoms with Crippen molar-refractivity contribution in [1.82, 2.24) is 24.2 Å². The molecule has 1 spiro atoms. The summed E-state index contributed by atoms with van der Waals surface area (Å²) in [6.07, 6.45) is 9.32. The van der Waals surface area contributed by atoms with Crippen molar-refractivity contribution in [3.05, 3.63) is 72.3 Å². The topological polar surface area (TPSA) is 89.0 Å². The number of ether oxygens (including phenoxy) is 1. The van der Waals surface area contributed by atoms with Crippen molar-refractivity contribution in [3.63, 3.8) is 0 Å². The maximum Gasteiger partial charge on any atom is 0.410 e. The number of hydrogen-bond donors (Lipinski definition) is 0. The van der Waals surface area contributed by atoms with Gasteiger partial charge in [-0.15, -0.1) is 0 Å². The van der Waals surface area contributed by atoms with Crippen molar-refractivity contribution < 1.29 is 9.53 Å². The van der Waals surface area contributed by atoms with Gasteiger partial charge in [0, 0.05) is 31.9 Å². The van der Waals surface area contributed by atoms with Gasteiger partial charge in [0.15, 0.2) is 0 Å². The molecule has 0 radical (unpaired) electrons. The highest BCUT2D eigenvalue weighted by atomic mass is 16.6. The average molecular weight is 481 g/mol. The molecule has 1 saturated carbocycles. The van der Waals surface area contributed by atoms with E-state index in [4.69, 9.17) is 4.74 Å². The van der Waals surface area contributed by atoms with E-state index in [1.807, 2.05) is 48.9 Å². The molecule has 0 bridgehead atoms. The van der Waals surface area contributed by atoms with Crippen molar-refractivity contribution in [2.45, 2.75) is 44.4 Å². The Kier molecular flexibility index (Phi) is 5.48. The van der Waals surface area contributed by atoms with Crippen LogP contribution in [0, 0.1) is 17.2 Å². The summed E-state index contributed by atoms with van der Waals surface area (Å²) < 4.78 is 10.00. The number of aryl methyl sites for hydroxylation is 1. The Hall–Kier alpha value is -4.12. The van der Waals surface area contributed by atoms with Crippen molar-refractivity contribution in [1.29, 1.82) is 5.26 Å². The standard InChI is InChI=1S/C28H28N6O2/c1-32-17-24(14-31-32)23-6-2-4-21(10-23)15-33-18-28(36-27(33)35)9-3-5-22(12-28)16-34-19-30-25-8-7-20(13-29)11-26(25)34/h2,4,6-8,10-11,14,17,19,22H,3,5,9,12,15-16,18H2,1H3/t22-,28-/m0/s1. The van der Waals surface area contributed by atoms with Gasteiger partial charge in [0.05, 0.1) is 41.7 Å². The minimum Gasteiger partial charge on any atom is -0.441 e. The lowest BCUT2D eigenvalue weighted by Crippen LogP contribution is -2.40. The number of carbonyl (C=O) groups is 1. The van der Waals surface area contributed by atoms with Gasteiger partial charge in [0.1, 0.15) is 5.60 Å². The van der Waals surface area contributed by atoms with E-state index in [1.54, 1.807) is 10.7 Å². The van der Waals surface area contributed by atoms with Gasteiger partial charge in [-0.3, -0.25) is 9.58 Å². The summed E-state index contributed by atoms with van der Waals surface area (Å²) in [5.41, 5.74) is 5.30. The number of amides is 1. The number of nitrogens with zero attached hydrogens (tertiary/aromatic N) is 6. The molecule has 1 amide bonds. The minimum absolute atomic E-state index is 0.228. The van der Waals surface area contributed by atoms with Crippen LogP contribution in [0.15, 0.2) is 61.2 Å².